The van der Waals surface area contributed by atoms with Crippen LogP contribution in [0.2, 0.25) is 0 Å². The fraction of sp³-hybridized carbons (Fsp3) is 0.300. The van der Waals surface area contributed by atoms with Crippen LogP contribution in [0.4, 0.5) is 0 Å². The van der Waals surface area contributed by atoms with Gasteiger partial charge in [-0.2, -0.15) is 0 Å². The van der Waals surface area contributed by atoms with Gasteiger partial charge < -0.3 is 14.7 Å². The van der Waals surface area contributed by atoms with Gasteiger partial charge in [0, 0.05) is 11.9 Å². The van der Waals surface area contributed by atoms with E-state index in [9.17, 15) is 4.79 Å². The molecule has 15 heavy (non-hydrogen) atoms. The molecule has 0 spiro atoms. The molecule has 2 N–H and O–H groups in total. The summed E-state index contributed by atoms with van der Waals surface area (Å²) < 4.78 is 5.44. The Morgan fingerprint density at radius 2 is 2.07 bits per heavy atom. The molecule has 2 rings (SSSR count). The highest BCUT2D eigenvalue weighted by molar-refractivity contribution is 6.17. The van der Waals surface area contributed by atoms with Crippen LogP contribution >= 0.6 is 11.6 Å². The number of nitrogens with one attached hydrogen (secondary N) is 2. The molecule has 5 heteroatoms. The number of rotatable bonds is 4. The lowest BCUT2D eigenvalue weighted by Gasteiger charge is -2.03. The first-order chi connectivity index (χ1) is 7.29. The highest BCUT2D eigenvalue weighted by atomic mass is 35.5. The third kappa shape index (κ3) is 2.33. The van der Waals surface area contributed by atoms with Gasteiger partial charge in [0.2, 0.25) is 0 Å². The largest absolute Gasteiger partial charge is 0.493 e. The standard InChI is InChI=1S/C10H11ClN2O2/c11-4-1-5-15-7-2-3-8-9(6-7)13-10(14)12-8/h2-3,6H,1,4-5H2,(H2,12,13,14). The smallest absolute Gasteiger partial charge is 0.323 e. The molecular formula is C10H11ClN2O2. The Morgan fingerprint density at radius 1 is 1.27 bits per heavy atom. The van der Waals surface area contributed by atoms with Crippen LogP contribution in [0.15, 0.2) is 23.0 Å². The predicted octanol–water partition coefficient (Wildman–Crippen LogP) is 1.86. The molecular weight excluding hydrogens is 216 g/mol. The van der Waals surface area contributed by atoms with Gasteiger partial charge in [-0.25, -0.2) is 4.79 Å². The molecule has 0 bridgehead atoms. The van der Waals surface area contributed by atoms with Crippen LogP contribution in [0, 0.1) is 0 Å². The van der Waals surface area contributed by atoms with Crippen LogP contribution in [-0.4, -0.2) is 22.5 Å². The Hall–Kier alpha value is -1.42. The van der Waals surface area contributed by atoms with Crippen molar-refractivity contribution in [3.63, 3.8) is 0 Å². The number of aromatic amines is 2. The summed E-state index contributed by atoms with van der Waals surface area (Å²) in [7, 11) is 0. The van der Waals surface area contributed by atoms with Crippen molar-refractivity contribution in [1.82, 2.24) is 9.97 Å². The molecule has 1 aromatic heterocycles. The lowest BCUT2D eigenvalue weighted by atomic mass is 10.3. The molecule has 2 aromatic rings. The number of hydrogen-bond acceptors (Lipinski definition) is 2. The van der Waals surface area contributed by atoms with E-state index in [-0.39, 0.29) is 5.69 Å². The summed E-state index contributed by atoms with van der Waals surface area (Å²) in [5, 5.41) is 0. The summed E-state index contributed by atoms with van der Waals surface area (Å²) in [5.41, 5.74) is 1.33. The molecule has 0 amide bonds. The van der Waals surface area contributed by atoms with Crippen LogP contribution in [-0.2, 0) is 0 Å². The van der Waals surface area contributed by atoms with Crippen LogP contribution in [0.25, 0.3) is 11.0 Å². The number of hydrogen-bond donors (Lipinski definition) is 2. The number of benzene rings is 1. The van der Waals surface area contributed by atoms with Crippen LogP contribution in [0.3, 0.4) is 0 Å². The fourth-order valence-electron chi connectivity index (χ4n) is 1.35. The van der Waals surface area contributed by atoms with E-state index >= 15 is 0 Å². The van der Waals surface area contributed by atoms with Crippen molar-refractivity contribution >= 4 is 22.6 Å². The van der Waals surface area contributed by atoms with E-state index < -0.39 is 0 Å². The first-order valence-electron chi connectivity index (χ1n) is 4.70. The molecule has 0 fully saturated rings. The van der Waals surface area contributed by atoms with Gasteiger partial charge in [-0.3, -0.25) is 0 Å². The summed E-state index contributed by atoms with van der Waals surface area (Å²) in [5.74, 6) is 1.33. The number of imidazole rings is 1. The molecule has 1 aromatic carbocycles. The second-order valence-corrected chi connectivity index (χ2v) is 3.56. The van der Waals surface area contributed by atoms with E-state index in [0.717, 1.165) is 23.2 Å². The van der Waals surface area contributed by atoms with Gasteiger partial charge in [0.15, 0.2) is 0 Å². The first-order valence-corrected chi connectivity index (χ1v) is 5.24. The molecule has 0 saturated carbocycles. The minimum atomic E-state index is -0.206. The predicted molar refractivity (Wildman–Crippen MR) is 59.8 cm³/mol. The third-order valence-corrected chi connectivity index (χ3v) is 2.30. The minimum Gasteiger partial charge on any atom is -0.493 e. The van der Waals surface area contributed by atoms with Crippen molar-refractivity contribution in [3.05, 3.63) is 28.7 Å². The first kappa shape index (κ1) is 10.1. The van der Waals surface area contributed by atoms with Gasteiger partial charge >= 0.3 is 5.69 Å². The van der Waals surface area contributed by atoms with Crippen molar-refractivity contribution < 1.29 is 4.74 Å². The lowest BCUT2D eigenvalue weighted by Crippen LogP contribution is -1.99. The maximum atomic E-state index is 11.0. The Balaban J connectivity index is 2.19. The Morgan fingerprint density at radius 3 is 2.87 bits per heavy atom. The molecule has 0 aliphatic rings. The molecule has 0 unspecified atom stereocenters. The van der Waals surface area contributed by atoms with Crippen LogP contribution in [0.5, 0.6) is 5.75 Å². The average molecular weight is 227 g/mol. The van der Waals surface area contributed by atoms with Crippen molar-refractivity contribution in [2.45, 2.75) is 6.42 Å². The number of fused-ring (bicyclic) bond motifs is 1. The van der Waals surface area contributed by atoms with Gasteiger partial charge in [0.05, 0.1) is 17.6 Å². The molecule has 80 valence electrons. The molecule has 0 aliphatic carbocycles. The van der Waals surface area contributed by atoms with E-state index in [2.05, 4.69) is 9.97 Å². The van der Waals surface area contributed by atoms with Gasteiger partial charge in [0.1, 0.15) is 5.75 Å². The van der Waals surface area contributed by atoms with E-state index in [1.54, 1.807) is 6.07 Å². The SMILES string of the molecule is O=c1[nH]c2ccc(OCCCCl)cc2[nH]1. The number of halogens is 1. The quantitative estimate of drug-likeness (QED) is 0.618. The zero-order chi connectivity index (χ0) is 10.7. The summed E-state index contributed by atoms with van der Waals surface area (Å²) in [4.78, 5) is 16.3. The second kappa shape index (κ2) is 4.40. The fourth-order valence-corrected chi connectivity index (χ4v) is 1.46. The van der Waals surface area contributed by atoms with Crippen LogP contribution < -0.4 is 10.4 Å². The molecule has 0 radical (unpaired) electrons. The molecule has 1 heterocycles. The van der Waals surface area contributed by atoms with Gasteiger partial charge in [-0.05, 0) is 18.6 Å². The van der Waals surface area contributed by atoms with Crippen molar-refractivity contribution in [1.29, 1.82) is 0 Å². The van der Waals surface area contributed by atoms with Gasteiger partial charge in [-0.1, -0.05) is 0 Å². The maximum Gasteiger partial charge on any atom is 0.323 e. The summed E-state index contributed by atoms with van der Waals surface area (Å²) in [6, 6.07) is 5.42. The van der Waals surface area contributed by atoms with E-state index in [1.165, 1.54) is 0 Å². The second-order valence-electron chi connectivity index (χ2n) is 3.18. The van der Waals surface area contributed by atoms with Crippen molar-refractivity contribution in [2.24, 2.45) is 0 Å². The van der Waals surface area contributed by atoms with E-state index in [0.29, 0.717) is 12.5 Å². The monoisotopic (exact) mass is 226 g/mol. The van der Waals surface area contributed by atoms with Crippen LogP contribution in [0.1, 0.15) is 6.42 Å². The van der Waals surface area contributed by atoms with Crippen molar-refractivity contribution in [2.75, 3.05) is 12.5 Å². The number of ether oxygens (including phenoxy) is 1. The molecule has 4 nitrogen and oxygen atoms in total. The Labute approximate surface area is 91.2 Å². The zero-order valence-corrected chi connectivity index (χ0v) is 8.80. The lowest BCUT2D eigenvalue weighted by molar-refractivity contribution is 0.318. The number of aromatic nitrogens is 2. The topological polar surface area (TPSA) is 57.9 Å². The average Bonchev–Trinajstić information content (AvgIpc) is 2.57. The van der Waals surface area contributed by atoms with E-state index in [1.807, 2.05) is 12.1 Å². The minimum absolute atomic E-state index is 0.206. The Kier molecular flexibility index (Phi) is 2.97. The van der Waals surface area contributed by atoms with E-state index in [4.69, 9.17) is 16.3 Å². The molecule has 0 atom stereocenters. The normalized spacial score (nSPS) is 10.7. The zero-order valence-electron chi connectivity index (χ0n) is 8.05. The van der Waals surface area contributed by atoms with Crippen molar-refractivity contribution in [3.8, 4) is 5.75 Å². The molecule has 0 aliphatic heterocycles. The maximum absolute atomic E-state index is 11.0. The van der Waals surface area contributed by atoms with Gasteiger partial charge in [-0.15, -0.1) is 11.6 Å². The summed E-state index contributed by atoms with van der Waals surface area (Å²) in [6.45, 7) is 0.587. The summed E-state index contributed by atoms with van der Waals surface area (Å²) >= 11 is 5.53. The number of H-pyrrole nitrogens is 2. The third-order valence-electron chi connectivity index (χ3n) is 2.03. The highest BCUT2D eigenvalue weighted by Crippen LogP contribution is 2.16. The summed E-state index contributed by atoms with van der Waals surface area (Å²) in [6.07, 6.45) is 0.809. The highest BCUT2D eigenvalue weighted by Gasteiger charge is 2.00. The van der Waals surface area contributed by atoms with Gasteiger partial charge in [0.25, 0.3) is 0 Å². The molecule has 0 saturated heterocycles. The number of alkyl halides is 1. The Bertz CT molecular complexity index is 503.